The predicted molar refractivity (Wildman–Crippen MR) is 88.4 cm³/mol. The zero-order valence-corrected chi connectivity index (χ0v) is 13.7. The summed E-state index contributed by atoms with van der Waals surface area (Å²) in [5.41, 5.74) is 2.29. The highest BCUT2D eigenvalue weighted by Gasteiger charge is 2.33. The van der Waals surface area contributed by atoms with Crippen molar-refractivity contribution in [3.63, 3.8) is 0 Å². The molecular formula is C18H24N4O. The first-order valence-corrected chi connectivity index (χ1v) is 8.84. The van der Waals surface area contributed by atoms with Crippen LogP contribution in [0.5, 0.6) is 0 Å². The first kappa shape index (κ1) is 14.7. The predicted octanol–water partition coefficient (Wildman–Crippen LogP) is 3.22. The van der Waals surface area contributed by atoms with Gasteiger partial charge in [-0.1, -0.05) is 25.7 Å². The second kappa shape index (κ2) is 5.95. The summed E-state index contributed by atoms with van der Waals surface area (Å²) in [5, 5.41) is 4.22. The molecule has 1 unspecified atom stereocenters. The highest BCUT2D eigenvalue weighted by Crippen LogP contribution is 2.33. The van der Waals surface area contributed by atoms with Crippen molar-refractivity contribution in [1.29, 1.82) is 0 Å². The molecule has 1 saturated carbocycles. The molecule has 23 heavy (non-hydrogen) atoms. The van der Waals surface area contributed by atoms with Gasteiger partial charge in [0.1, 0.15) is 0 Å². The van der Waals surface area contributed by atoms with Crippen LogP contribution in [0.3, 0.4) is 0 Å². The van der Waals surface area contributed by atoms with Gasteiger partial charge in [0, 0.05) is 24.8 Å². The van der Waals surface area contributed by atoms with Gasteiger partial charge in [-0.3, -0.25) is 4.79 Å². The summed E-state index contributed by atoms with van der Waals surface area (Å²) < 4.78 is 1.70. The maximum Gasteiger partial charge on any atom is 0.257 e. The zero-order valence-electron chi connectivity index (χ0n) is 13.7. The third-order valence-corrected chi connectivity index (χ3v) is 5.52. The van der Waals surface area contributed by atoms with Gasteiger partial charge in [0.05, 0.1) is 17.5 Å². The number of aromatic nitrogens is 3. The molecule has 1 atom stereocenters. The second-order valence-electron chi connectivity index (χ2n) is 7.05. The molecule has 122 valence electrons. The monoisotopic (exact) mass is 312 g/mol. The van der Waals surface area contributed by atoms with Crippen molar-refractivity contribution in [3.05, 3.63) is 29.7 Å². The third-order valence-electron chi connectivity index (χ3n) is 5.52. The molecule has 0 N–H and O–H groups in total. The summed E-state index contributed by atoms with van der Waals surface area (Å²) >= 11 is 0. The van der Waals surface area contributed by atoms with Crippen LogP contribution in [0.1, 0.15) is 61.0 Å². The molecule has 1 saturated heterocycles. The van der Waals surface area contributed by atoms with Crippen LogP contribution in [0.15, 0.2) is 18.5 Å². The van der Waals surface area contributed by atoms with Gasteiger partial charge in [-0.05, 0) is 32.1 Å². The van der Waals surface area contributed by atoms with Gasteiger partial charge in [0.2, 0.25) is 0 Å². The normalized spacial score (nSPS) is 22.3. The first-order chi connectivity index (χ1) is 11.2. The van der Waals surface area contributed by atoms with E-state index in [1.807, 2.05) is 19.2 Å². The number of rotatable bonds is 3. The largest absolute Gasteiger partial charge is 0.336 e. The number of likely N-dealkylation sites (tertiary alicyclic amines) is 1. The van der Waals surface area contributed by atoms with Crippen molar-refractivity contribution in [2.75, 3.05) is 6.54 Å². The molecule has 2 fully saturated rings. The Kier molecular flexibility index (Phi) is 3.79. The molecule has 5 heteroatoms. The quantitative estimate of drug-likeness (QED) is 0.874. The van der Waals surface area contributed by atoms with E-state index in [-0.39, 0.29) is 5.91 Å². The van der Waals surface area contributed by atoms with E-state index in [9.17, 15) is 4.79 Å². The van der Waals surface area contributed by atoms with Crippen LogP contribution in [0.2, 0.25) is 0 Å². The number of fused-ring (bicyclic) bond motifs is 1. The number of hydrogen-bond donors (Lipinski definition) is 0. The summed E-state index contributed by atoms with van der Waals surface area (Å²) in [6.45, 7) is 2.80. The number of aryl methyl sites for hydroxylation is 1. The fourth-order valence-corrected chi connectivity index (χ4v) is 4.29. The van der Waals surface area contributed by atoms with Crippen LogP contribution < -0.4 is 0 Å². The van der Waals surface area contributed by atoms with Gasteiger partial charge in [-0.2, -0.15) is 5.10 Å². The number of amides is 1. The van der Waals surface area contributed by atoms with Crippen molar-refractivity contribution in [2.24, 2.45) is 5.92 Å². The minimum absolute atomic E-state index is 0.132. The van der Waals surface area contributed by atoms with E-state index >= 15 is 0 Å². The highest BCUT2D eigenvalue weighted by atomic mass is 16.2. The van der Waals surface area contributed by atoms with E-state index < -0.39 is 0 Å². The smallest absolute Gasteiger partial charge is 0.257 e. The summed E-state index contributed by atoms with van der Waals surface area (Å²) in [4.78, 5) is 19.7. The molecule has 0 bridgehead atoms. The van der Waals surface area contributed by atoms with Crippen molar-refractivity contribution in [1.82, 2.24) is 19.5 Å². The Balaban J connectivity index is 1.57. The lowest BCUT2D eigenvalue weighted by Crippen LogP contribution is -2.37. The fraction of sp³-hybridized carbons (Fsp3) is 0.611. The van der Waals surface area contributed by atoms with Crippen LogP contribution in [0, 0.1) is 12.8 Å². The molecule has 4 rings (SSSR count). The number of hydrogen-bond acceptors (Lipinski definition) is 3. The van der Waals surface area contributed by atoms with Crippen molar-refractivity contribution >= 4 is 11.6 Å². The topological polar surface area (TPSA) is 50.5 Å². The number of carbonyl (C=O) groups is 1. The Morgan fingerprint density at radius 3 is 2.91 bits per heavy atom. The molecule has 1 aliphatic carbocycles. The molecule has 1 amide bonds. The second-order valence-corrected chi connectivity index (χ2v) is 7.05. The summed E-state index contributed by atoms with van der Waals surface area (Å²) in [5.74, 6) is 0.953. The zero-order chi connectivity index (χ0) is 15.8. The first-order valence-electron chi connectivity index (χ1n) is 8.84. The van der Waals surface area contributed by atoms with Gasteiger partial charge in [0.15, 0.2) is 5.65 Å². The summed E-state index contributed by atoms with van der Waals surface area (Å²) in [6, 6.07) is 2.28. The Hall–Kier alpha value is -1.91. The molecule has 2 aliphatic rings. The van der Waals surface area contributed by atoms with Crippen molar-refractivity contribution < 1.29 is 4.79 Å². The lowest BCUT2D eigenvalue weighted by Gasteiger charge is -2.27. The number of carbonyl (C=O) groups excluding carboxylic acids is 1. The average molecular weight is 312 g/mol. The Labute approximate surface area is 136 Å². The Bertz CT molecular complexity index is 717. The van der Waals surface area contributed by atoms with Crippen LogP contribution >= 0.6 is 0 Å². The third kappa shape index (κ3) is 2.73. The summed E-state index contributed by atoms with van der Waals surface area (Å²) in [6.07, 6.45) is 12.4. The van der Waals surface area contributed by atoms with Crippen LogP contribution in [-0.4, -0.2) is 38.0 Å². The lowest BCUT2D eigenvalue weighted by atomic mass is 9.96. The number of nitrogens with zero attached hydrogens (tertiary/aromatic N) is 4. The molecule has 3 heterocycles. The van der Waals surface area contributed by atoms with Gasteiger partial charge >= 0.3 is 0 Å². The van der Waals surface area contributed by atoms with Crippen LogP contribution in [0.4, 0.5) is 0 Å². The average Bonchev–Trinajstić information content (AvgIpc) is 3.27. The Morgan fingerprint density at radius 1 is 1.26 bits per heavy atom. The molecule has 0 radical (unpaired) electrons. The van der Waals surface area contributed by atoms with E-state index in [4.69, 9.17) is 0 Å². The van der Waals surface area contributed by atoms with E-state index in [2.05, 4.69) is 15.0 Å². The maximum atomic E-state index is 13.1. The van der Waals surface area contributed by atoms with Gasteiger partial charge in [-0.25, -0.2) is 9.50 Å². The van der Waals surface area contributed by atoms with E-state index in [0.29, 0.717) is 11.6 Å². The molecular weight excluding hydrogens is 288 g/mol. The molecule has 1 aliphatic heterocycles. The molecule has 0 spiro atoms. The van der Waals surface area contributed by atoms with Gasteiger partial charge in [-0.15, -0.1) is 0 Å². The minimum Gasteiger partial charge on any atom is -0.336 e. The van der Waals surface area contributed by atoms with Crippen molar-refractivity contribution in [2.45, 2.75) is 57.9 Å². The van der Waals surface area contributed by atoms with Crippen LogP contribution in [-0.2, 0) is 0 Å². The van der Waals surface area contributed by atoms with Gasteiger partial charge in [0.25, 0.3) is 5.91 Å². The fourth-order valence-electron chi connectivity index (χ4n) is 4.29. The Morgan fingerprint density at radius 2 is 2.09 bits per heavy atom. The summed E-state index contributed by atoms with van der Waals surface area (Å²) in [7, 11) is 0. The molecule has 2 aromatic rings. The highest BCUT2D eigenvalue weighted by molar-refractivity contribution is 5.95. The molecule has 2 aromatic heterocycles. The van der Waals surface area contributed by atoms with Crippen LogP contribution in [0.25, 0.3) is 5.65 Å². The minimum atomic E-state index is 0.132. The SMILES string of the molecule is Cc1nc2ccnn2cc1C(=O)N1CCCC1CC1CCCC1. The van der Waals surface area contributed by atoms with Crippen molar-refractivity contribution in [3.8, 4) is 0 Å². The molecule has 0 aromatic carbocycles. The lowest BCUT2D eigenvalue weighted by molar-refractivity contribution is 0.0716. The van der Waals surface area contributed by atoms with E-state index in [1.165, 1.54) is 32.1 Å². The molecule has 5 nitrogen and oxygen atoms in total. The van der Waals surface area contributed by atoms with E-state index in [1.54, 1.807) is 10.7 Å². The van der Waals surface area contributed by atoms with Gasteiger partial charge < -0.3 is 4.90 Å². The maximum absolute atomic E-state index is 13.1. The van der Waals surface area contributed by atoms with E-state index in [0.717, 1.165) is 36.6 Å². The standard InChI is InChI=1S/C18H24N4O/c1-13-16(12-22-17(20-13)8-9-19-22)18(23)21-10-4-7-15(21)11-14-5-2-3-6-14/h8-9,12,14-15H,2-7,10-11H2,1H3.